The Balaban J connectivity index is 0.00000312. The number of halogens is 1. The molecular formula is C19H26IN3OS. The van der Waals surface area contributed by atoms with Crippen LogP contribution >= 0.6 is 35.7 Å². The number of rotatable bonds is 6. The van der Waals surface area contributed by atoms with Gasteiger partial charge in [-0.3, -0.25) is 4.99 Å². The van der Waals surface area contributed by atoms with E-state index in [4.69, 9.17) is 4.74 Å². The van der Waals surface area contributed by atoms with Crippen LogP contribution in [0.5, 0.6) is 5.75 Å². The summed E-state index contributed by atoms with van der Waals surface area (Å²) in [5.41, 5.74) is 3.74. The second-order valence-electron chi connectivity index (χ2n) is 5.44. The van der Waals surface area contributed by atoms with Crippen LogP contribution in [0.2, 0.25) is 0 Å². The first-order chi connectivity index (χ1) is 11.7. The molecule has 136 valence electrons. The summed E-state index contributed by atoms with van der Waals surface area (Å²) in [5, 5.41) is 6.71. The van der Waals surface area contributed by atoms with Gasteiger partial charge in [-0.2, -0.15) is 0 Å². The van der Waals surface area contributed by atoms with Gasteiger partial charge in [-0.05, 0) is 48.1 Å². The van der Waals surface area contributed by atoms with Gasteiger partial charge in [0.05, 0.1) is 7.11 Å². The van der Waals surface area contributed by atoms with Crippen molar-refractivity contribution in [2.75, 3.05) is 20.4 Å². The summed E-state index contributed by atoms with van der Waals surface area (Å²) in [5.74, 6) is 1.66. The number of benzene rings is 2. The Morgan fingerprint density at radius 3 is 2.36 bits per heavy atom. The maximum Gasteiger partial charge on any atom is 0.191 e. The molecule has 4 nitrogen and oxygen atoms in total. The third-order valence-electron chi connectivity index (χ3n) is 3.73. The predicted molar refractivity (Wildman–Crippen MR) is 118 cm³/mol. The average molecular weight is 471 g/mol. The highest BCUT2D eigenvalue weighted by atomic mass is 127. The van der Waals surface area contributed by atoms with E-state index in [1.165, 1.54) is 21.6 Å². The molecule has 0 saturated carbocycles. The molecule has 25 heavy (non-hydrogen) atoms. The van der Waals surface area contributed by atoms with Gasteiger partial charge in [0.25, 0.3) is 0 Å². The molecule has 0 heterocycles. The molecule has 2 aromatic carbocycles. The van der Waals surface area contributed by atoms with E-state index in [2.05, 4.69) is 47.0 Å². The molecule has 2 N–H and O–H groups in total. The Labute approximate surface area is 171 Å². The zero-order chi connectivity index (χ0) is 17.4. The SMILES string of the molecule is CN=C(NCc1ccc(OC)cc1)NCc1ccc(C)cc1SC.I. The minimum Gasteiger partial charge on any atom is -0.497 e. The summed E-state index contributed by atoms with van der Waals surface area (Å²) in [7, 11) is 3.46. The van der Waals surface area contributed by atoms with Crippen LogP contribution in [0.3, 0.4) is 0 Å². The van der Waals surface area contributed by atoms with E-state index in [1.807, 2.05) is 24.3 Å². The fraction of sp³-hybridized carbons (Fsp3) is 0.316. The van der Waals surface area contributed by atoms with Crippen molar-refractivity contribution in [1.29, 1.82) is 0 Å². The molecule has 2 rings (SSSR count). The summed E-state index contributed by atoms with van der Waals surface area (Å²) in [4.78, 5) is 5.59. The van der Waals surface area contributed by atoms with E-state index >= 15 is 0 Å². The van der Waals surface area contributed by atoms with Crippen molar-refractivity contribution in [3.63, 3.8) is 0 Å². The lowest BCUT2D eigenvalue weighted by Crippen LogP contribution is -2.36. The van der Waals surface area contributed by atoms with E-state index in [-0.39, 0.29) is 24.0 Å². The predicted octanol–water partition coefficient (Wildman–Crippen LogP) is 4.21. The van der Waals surface area contributed by atoms with E-state index in [9.17, 15) is 0 Å². The van der Waals surface area contributed by atoms with Crippen molar-refractivity contribution in [2.45, 2.75) is 24.9 Å². The van der Waals surface area contributed by atoms with Crippen LogP contribution in [0.1, 0.15) is 16.7 Å². The Morgan fingerprint density at radius 2 is 1.76 bits per heavy atom. The highest BCUT2D eigenvalue weighted by Gasteiger charge is 2.04. The molecule has 0 aliphatic rings. The topological polar surface area (TPSA) is 45.7 Å². The summed E-state index contributed by atoms with van der Waals surface area (Å²) in [6.07, 6.45) is 2.11. The molecule has 0 bridgehead atoms. The monoisotopic (exact) mass is 471 g/mol. The summed E-state index contributed by atoms with van der Waals surface area (Å²) in [6, 6.07) is 14.6. The van der Waals surface area contributed by atoms with Crippen LogP contribution in [-0.4, -0.2) is 26.4 Å². The fourth-order valence-electron chi connectivity index (χ4n) is 2.33. The molecule has 0 amide bonds. The van der Waals surface area contributed by atoms with Crippen molar-refractivity contribution in [3.05, 3.63) is 59.2 Å². The van der Waals surface area contributed by atoms with Crippen molar-refractivity contribution in [1.82, 2.24) is 10.6 Å². The number of hydrogen-bond donors (Lipinski definition) is 2. The molecule has 2 aromatic rings. The quantitative estimate of drug-likeness (QED) is 0.287. The fourth-order valence-corrected chi connectivity index (χ4v) is 3.03. The number of aliphatic imine (C=N–C) groups is 1. The van der Waals surface area contributed by atoms with Crippen LogP contribution in [-0.2, 0) is 13.1 Å². The van der Waals surface area contributed by atoms with E-state index in [0.29, 0.717) is 6.54 Å². The van der Waals surface area contributed by atoms with Crippen LogP contribution in [0.25, 0.3) is 0 Å². The second kappa shape index (κ2) is 11.3. The minimum absolute atomic E-state index is 0. The van der Waals surface area contributed by atoms with E-state index in [1.54, 1.807) is 25.9 Å². The Hall–Kier alpha value is -1.41. The number of guanidine groups is 1. The van der Waals surface area contributed by atoms with Crippen LogP contribution < -0.4 is 15.4 Å². The lowest BCUT2D eigenvalue weighted by molar-refractivity contribution is 0.414. The van der Waals surface area contributed by atoms with Crippen molar-refractivity contribution in [3.8, 4) is 5.75 Å². The molecule has 0 fully saturated rings. The maximum atomic E-state index is 5.18. The molecule has 0 saturated heterocycles. The summed E-state index contributed by atoms with van der Waals surface area (Å²) in [6.45, 7) is 3.58. The van der Waals surface area contributed by atoms with Crippen LogP contribution in [0.4, 0.5) is 0 Å². The summed E-state index contributed by atoms with van der Waals surface area (Å²) < 4.78 is 5.18. The first-order valence-electron chi connectivity index (χ1n) is 7.87. The molecule has 0 aliphatic carbocycles. The minimum atomic E-state index is 0. The van der Waals surface area contributed by atoms with Gasteiger partial charge in [-0.1, -0.05) is 24.3 Å². The standard InChI is InChI=1S/C19H25N3OS.HI/c1-14-5-8-16(18(11-14)24-4)13-22-19(20-2)21-12-15-6-9-17(23-3)10-7-15;/h5-11H,12-13H2,1-4H3,(H2,20,21,22);1H. The Bertz CT molecular complexity index is 690. The van der Waals surface area contributed by atoms with Gasteiger partial charge in [-0.15, -0.1) is 35.7 Å². The van der Waals surface area contributed by atoms with Crippen molar-refractivity contribution >= 4 is 41.7 Å². The highest BCUT2D eigenvalue weighted by Crippen LogP contribution is 2.21. The lowest BCUT2D eigenvalue weighted by atomic mass is 10.1. The summed E-state index contributed by atoms with van der Waals surface area (Å²) >= 11 is 1.77. The Morgan fingerprint density at radius 1 is 1.08 bits per heavy atom. The number of aryl methyl sites for hydroxylation is 1. The smallest absolute Gasteiger partial charge is 0.191 e. The first kappa shape index (κ1) is 21.6. The Kier molecular flexibility index (Phi) is 9.74. The van der Waals surface area contributed by atoms with E-state index in [0.717, 1.165) is 18.3 Å². The molecule has 6 heteroatoms. The maximum absolute atomic E-state index is 5.18. The van der Waals surface area contributed by atoms with E-state index < -0.39 is 0 Å². The highest BCUT2D eigenvalue weighted by molar-refractivity contribution is 14.0. The number of methoxy groups -OCH3 is 1. The molecular weight excluding hydrogens is 445 g/mol. The molecule has 0 spiro atoms. The zero-order valence-electron chi connectivity index (χ0n) is 15.1. The van der Waals surface area contributed by atoms with Gasteiger partial charge in [-0.25, -0.2) is 0 Å². The van der Waals surface area contributed by atoms with Crippen molar-refractivity contribution < 1.29 is 4.74 Å². The average Bonchev–Trinajstić information content (AvgIpc) is 2.63. The molecule has 0 aliphatic heterocycles. The normalized spacial score (nSPS) is 10.8. The largest absolute Gasteiger partial charge is 0.497 e. The molecule has 0 aromatic heterocycles. The number of thioether (sulfide) groups is 1. The zero-order valence-corrected chi connectivity index (χ0v) is 18.3. The molecule has 0 atom stereocenters. The number of ether oxygens (including phenoxy) is 1. The lowest BCUT2D eigenvalue weighted by Gasteiger charge is -2.14. The van der Waals surface area contributed by atoms with Crippen LogP contribution in [0, 0.1) is 6.92 Å². The number of nitrogens with one attached hydrogen (secondary N) is 2. The number of nitrogens with zero attached hydrogens (tertiary/aromatic N) is 1. The van der Waals surface area contributed by atoms with Gasteiger partial charge < -0.3 is 15.4 Å². The second-order valence-corrected chi connectivity index (χ2v) is 6.29. The van der Waals surface area contributed by atoms with Gasteiger partial charge in [0.2, 0.25) is 0 Å². The van der Waals surface area contributed by atoms with Gasteiger partial charge in [0.1, 0.15) is 5.75 Å². The van der Waals surface area contributed by atoms with Crippen LogP contribution in [0.15, 0.2) is 52.4 Å². The third-order valence-corrected chi connectivity index (χ3v) is 4.55. The first-order valence-corrected chi connectivity index (χ1v) is 9.09. The van der Waals surface area contributed by atoms with Gasteiger partial charge in [0, 0.05) is 25.0 Å². The molecule has 0 radical (unpaired) electrons. The van der Waals surface area contributed by atoms with Gasteiger partial charge in [0.15, 0.2) is 5.96 Å². The third kappa shape index (κ3) is 6.78. The number of hydrogen-bond acceptors (Lipinski definition) is 3. The van der Waals surface area contributed by atoms with Crippen molar-refractivity contribution in [2.24, 2.45) is 4.99 Å². The molecule has 0 unspecified atom stereocenters. The van der Waals surface area contributed by atoms with Gasteiger partial charge >= 0.3 is 0 Å².